The molecule has 1 fully saturated rings. The lowest BCUT2D eigenvalue weighted by molar-refractivity contribution is 0.556. The number of aromatic nitrogens is 2. The van der Waals surface area contributed by atoms with Crippen LogP contribution in [0.5, 0.6) is 0 Å². The first-order valence-corrected chi connectivity index (χ1v) is 4.38. The van der Waals surface area contributed by atoms with Gasteiger partial charge < -0.3 is 5.32 Å². The van der Waals surface area contributed by atoms with E-state index in [0.29, 0.717) is 6.04 Å². The molecule has 0 aromatic carbocycles. The molecule has 1 heterocycles. The van der Waals surface area contributed by atoms with Crippen molar-refractivity contribution in [3.05, 3.63) is 24.3 Å². The molecule has 0 aliphatic heterocycles. The summed E-state index contributed by atoms with van der Waals surface area (Å²) in [7, 11) is 0. The topological polar surface area (TPSA) is 37.8 Å². The zero-order valence-corrected chi connectivity index (χ0v) is 7.20. The van der Waals surface area contributed by atoms with E-state index in [-0.39, 0.29) is 0 Å². The average molecular weight is 163 g/mol. The molecule has 0 amide bonds. The van der Waals surface area contributed by atoms with Gasteiger partial charge in [0.25, 0.3) is 0 Å². The van der Waals surface area contributed by atoms with Gasteiger partial charge in [0.2, 0.25) is 0 Å². The van der Waals surface area contributed by atoms with Crippen molar-refractivity contribution in [2.24, 2.45) is 0 Å². The molecule has 1 saturated carbocycles. The van der Waals surface area contributed by atoms with Crippen molar-refractivity contribution in [1.29, 1.82) is 0 Å². The molecular formula is C9H13N3. The van der Waals surface area contributed by atoms with Gasteiger partial charge in [0.05, 0.1) is 5.69 Å². The molecule has 0 bridgehead atoms. The second kappa shape index (κ2) is 3.19. The maximum absolute atomic E-state index is 4.23. The van der Waals surface area contributed by atoms with Crippen LogP contribution in [0.2, 0.25) is 0 Å². The van der Waals surface area contributed by atoms with Crippen LogP contribution < -0.4 is 5.32 Å². The van der Waals surface area contributed by atoms with Gasteiger partial charge in [-0.15, -0.1) is 0 Å². The molecule has 64 valence electrons. The number of rotatable bonds is 3. The largest absolute Gasteiger partial charge is 0.306 e. The lowest BCUT2D eigenvalue weighted by atomic mass is 10.2. The van der Waals surface area contributed by atoms with E-state index in [2.05, 4.69) is 22.2 Å². The molecule has 1 aliphatic rings. The Bertz CT molecular complexity index is 243. The fraction of sp³-hybridized carbons (Fsp3) is 0.556. The van der Waals surface area contributed by atoms with Crippen molar-refractivity contribution < 1.29 is 0 Å². The molecule has 0 spiro atoms. The highest BCUT2D eigenvalue weighted by atomic mass is 15.0. The van der Waals surface area contributed by atoms with Gasteiger partial charge in [0, 0.05) is 30.7 Å². The molecule has 2 rings (SSSR count). The van der Waals surface area contributed by atoms with Gasteiger partial charge in [-0.05, 0) is 19.8 Å². The van der Waals surface area contributed by atoms with Crippen molar-refractivity contribution in [3.8, 4) is 0 Å². The van der Waals surface area contributed by atoms with Gasteiger partial charge in [0.15, 0.2) is 0 Å². The van der Waals surface area contributed by atoms with Crippen LogP contribution >= 0.6 is 0 Å². The molecule has 3 nitrogen and oxygen atoms in total. The Labute approximate surface area is 72.2 Å². The predicted molar refractivity (Wildman–Crippen MR) is 46.6 cm³/mol. The molecule has 1 aromatic rings. The molecule has 3 heteroatoms. The molecule has 1 aliphatic carbocycles. The molecular weight excluding hydrogens is 150 g/mol. The van der Waals surface area contributed by atoms with E-state index < -0.39 is 0 Å². The van der Waals surface area contributed by atoms with Crippen molar-refractivity contribution in [2.45, 2.75) is 31.8 Å². The monoisotopic (exact) mass is 163 g/mol. The third-order valence-electron chi connectivity index (χ3n) is 2.09. The lowest BCUT2D eigenvalue weighted by Crippen LogP contribution is -2.21. The van der Waals surface area contributed by atoms with Crippen LogP contribution in [-0.4, -0.2) is 16.0 Å². The summed E-state index contributed by atoms with van der Waals surface area (Å²) in [6.07, 6.45) is 7.88. The van der Waals surface area contributed by atoms with Crippen molar-refractivity contribution >= 4 is 0 Å². The van der Waals surface area contributed by atoms with Crippen LogP contribution in [0.15, 0.2) is 18.6 Å². The van der Waals surface area contributed by atoms with Crippen LogP contribution in [0.4, 0.5) is 0 Å². The minimum Gasteiger partial charge on any atom is -0.306 e. The quantitative estimate of drug-likeness (QED) is 0.729. The lowest BCUT2D eigenvalue weighted by Gasteiger charge is -2.10. The number of nitrogens with zero attached hydrogens (tertiary/aromatic N) is 2. The Hall–Kier alpha value is -0.960. The smallest absolute Gasteiger partial charge is 0.0753 e. The minimum atomic E-state index is 0.339. The van der Waals surface area contributed by atoms with Crippen LogP contribution in [-0.2, 0) is 0 Å². The normalized spacial score (nSPS) is 19.1. The number of hydrogen-bond acceptors (Lipinski definition) is 3. The van der Waals surface area contributed by atoms with Crippen molar-refractivity contribution in [3.63, 3.8) is 0 Å². The summed E-state index contributed by atoms with van der Waals surface area (Å²) in [5, 5.41) is 3.47. The Balaban J connectivity index is 1.98. The molecule has 1 aromatic heterocycles. The highest BCUT2D eigenvalue weighted by Crippen LogP contribution is 2.22. The third kappa shape index (κ3) is 1.80. The predicted octanol–water partition coefficient (Wildman–Crippen LogP) is 1.29. The zero-order valence-electron chi connectivity index (χ0n) is 7.20. The molecule has 1 N–H and O–H groups in total. The fourth-order valence-corrected chi connectivity index (χ4v) is 1.22. The fourth-order valence-electron chi connectivity index (χ4n) is 1.22. The third-order valence-corrected chi connectivity index (χ3v) is 2.09. The molecule has 1 unspecified atom stereocenters. The summed E-state index contributed by atoms with van der Waals surface area (Å²) in [5.41, 5.74) is 1.03. The maximum atomic E-state index is 4.23. The van der Waals surface area contributed by atoms with Gasteiger partial charge in [-0.3, -0.25) is 9.97 Å². The number of hydrogen-bond donors (Lipinski definition) is 1. The molecule has 0 radical (unpaired) electrons. The second-order valence-electron chi connectivity index (χ2n) is 3.29. The van der Waals surface area contributed by atoms with E-state index in [1.54, 1.807) is 12.4 Å². The van der Waals surface area contributed by atoms with E-state index in [1.165, 1.54) is 12.8 Å². The summed E-state index contributed by atoms with van der Waals surface area (Å²) in [5.74, 6) is 0. The second-order valence-corrected chi connectivity index (χ2v) is 3.29. The Morgan fingerprint density at radius 3 is 2.92 bits per heavy atom. The zero-order chi connectivity index (χ0) is 8.39. The maximum Gasteiger partial charge on any atom is 0.0753 e. The summed E-state index contributed by atoms with van der Waals surface area (Å²) in [6, 6.07) is 1.06. The van der Waals surface area contributed by atoms with Crippen molar-refractivity contribution in [1.82, 2.24) is 15.3 Å². The van der Waals surface area contributed by atoms with Crippen LogP contribution in [0, 0.1) is 0 Å². The van der Waals surface area contributed by atoms with Gasteiger partial charge in [-0.25, -0.2) is 0 Å². The summed E-state index contributed by atoms with van der Waals surface area (Å²) < 4.78 is 0. The number of nitrogens with one attached hydrogen (secondary N) is 1. The van der Waals surface area contributed by atoms with E-state index in [9.17, 15) is 0 Å². The Morgan fingerprint density at radius 1 is 1.50 bits per heavy atom. The standard InChI is InChI=1S/C9H13N3/c1-7(12-8-2-3-8)9-6-10-4-5-11-9/h4-8,12H,2-3H2,1H3. The van der Waals surface area contributed by atoms with Crippen molar-refractivity contribution in [2.75, 3.05) is 0 Å². The van der Waals surface area contributed by atoms with E-state index in [4.69, 9.17) is 0 Å². The first-order chi connectivity index (χ1) is 5.86. The highest BCUT2D eigenvalue weighted by Gasteiger charge is 2.23. The molecule has 1 atom stereocenters. The first kappa shape index (κ1) is 7.68. The SMILES string of the molecule is CC(NC1CC1)c1cnccn1. The average Bonchev–Trinajstić information content (AvgIpc) is 2.90. The summed E-state index contributed by atoms with van der Waals surface area (Å²) >= 11 is 0. The van der Waals surface area contributed by atoms with E-state index >= 15 is 0 Å². The van der Waals surface area contributed by atoms with Gasteiger partial charge >= 0.3 is 0 Å². The summed E-state index contributed by atoms with van der Waals surface area (Å²) in [6.45, 7) is 2.13. The van der Waals surface area contributed by atoms with Gasteiger partial charge in [-0.1, -0.05) is 0 Å². The van der Waals surface area contributed by atoms with Gasteiger partial charge in [0.1, 0.15) is 0 Å². The van der Waals surface area contributed by atoms with Crippen LogP contribution in [0.3, 0.4) is 0 Å². The van der Waals surface area contributed by atoms with E-state index in [1.807, 2.05) is 6.20 Å². The van der Waals surface area contributed by atoms with E-state index in [0.717, 1.165) is 11.7 Å². The first-order valence-electron chi connectivity index (χ1n) is 4.38. The summed E-state index contributed by atoms with van der Waals surface area (Å²) in [4.78, 5) is 8.27. The van der Waals surface area contributed by atoms with Crippen LogP contribution in [0.1, 0.15) is 31.5 Å². The highest BCUT2D eigenvalue weighted by molar-refractivity contribution is 5.02. The molecule has 12 heavy (non-hydrogen) atoms. The molecule has 0 saturated heterocycles. The van der Waals surface area contributed by atoms with Gasteiger partial charge in [-0.2, -0.15) is 0 Å². The Kier molecular flexibility index (Phi) is 2.04. The minimum absolute atomic E-state index is 0.339. The Morgan fingerprint density at radius 2 is 2.33 bits per heavy atom. The van der Waals surface area contributed by atoms with Crippen LogP contribution in [0.25, 0.3) is 0 Å².